The minimum atomic E-state index is -4.33. The molecule has 0 bridgehead atoms. The van der Waals surface area contributed by atoms with Crippen LogP contribution in [0.2, 0.25) is 5.02 Å². The van der Waals surface area contributed by atoms with Gasteiger partial charge in [-0.15, -0.1) is 0 Å². The van der Waals surface area contributed by atoms with Crippen molar-refractivity contribution in [3.63, 3.8) is 0 Å². The summed E-state index contributed by atoms with van der Waals surface area (Å²) in [5.74, 6) is 1.14. The van der Waals surface area contributed by atoms with Gasteiger partial charge < -0.3 is 5.32 Å². The van der Waals surface area contributed by atoms with Crippen molar-refractivity contribution in [3.05, 3.63) is 81.4 Å². The lowest BCUT2D eigenvalue weighted by molar-refractivity contribution is -0.137. The van der Waals surface area contributed by atoms with Gasteiger partial charge in [-0.2, -0.15) is 22.8 Å². The molecule has 0 aliphatic carbocycles. The molecule has 0 spiro atoms. The first-order valence-corrected chi connectivity index (χ1v) is 12.9. The van der Waals surface area contributed by atoms with E-state index in [1.54, 1.807) is 16.8 Å². The van der Waals surface area contributed by atoms with Gasteiger partial charge in [0.25, 0.3) is 0 Å². The molecular weight excluding hydrogens is 555 g/mol. The van der Waals surface area contributed by atoms with Crippen molar-refractivity contribution in [2.75, 3.05) is 25.0 Å². The molecule has 1 atom stereocenters. The monoisotopic (exact) mass is 577 g/mol. The van der Waals surface area contributed by atoms with Gasteiger partial charge in [-0.3, -0.25) is 4.90 Å². The maximum absolute atomic E-state index is 13.1. The van der Waals surface area contributed by atoms with E-state index in [4.69, 9.17) is 16.6 Å². The van der Waals surface area contributed by atoms with E-state index in [1.165, 1.54) is 12.1 Å². The van der Waals surface area contributed by atoms with Crippen LogP contribution in [0.15, 0.2) is 65.3 Å². The summed E-state index contributed by atoms with van der Waals surface area (Å²) in [6.07, 6.45) is -0.582. The summed E-state index contributed by atoms with van der Waals surface area (Å²) in [7, 11) is 0. The molecule has 188 valence electrons. The van der Waals surface area contributed by atoms with E-state index in [0.29, 0.717) is 35.2 Å². The van der Waals surface area contributed by atoms with Crippen molar-refractivity contribution in [2.45, 2.75) is 25.6 Å². The molecule has 0 saturated carbocycles. The number of piperidine rings is 1. The van der Waals surface area contributed by atoms with Crippen LogP contribution < -0.4 is 5.32 Å². The van der Waals surface area contributed by atoms with Crippen LogP contribution >= 0.6 is 27.5 Å². The van der Waals surface area contributed by atoms with Gasteiger partial charge in [0.1, 0.15) is 5.82 Å². The number of benzene rings is 2. The zero-order valence-electron chi connectivity index (χ0n) is 19.3. The maximum atomic E-state index is 13.1. The van der Waals surface area contributed by atoms with Gasteiger partial charge in [0.2, 0.25) is 0 Å². The van der Waals surface area contributed by atoms with Crippen LogP contribution in [0.25, 0.3) is 16.9 Å². The average molecular weight is 579 g/mol. The first-order valence-electron chi connectivity index (χ1n) is 11.7. The Morgan fingerprint density at radius 2 is 1.94 bits per heavy atom. The molecule has 0 amide bonds. The SMILES string of the molecule is FC(F)(F)c1cccc(CN2CCCC(CNc3cc(-c4ccccc4Cl)nc4c(Br)cnn34)C2)c1. The average Bonchev–Trinajstić information content (AvgIpc) is 3.23. The molecule has 1 aliphatic heterocycles. The highest BCUT2D eigenvalue weighted by atomic mass is 79.9. The number of hydrogen-bond donors (Lipinski definition) is 1. The summed E-state index contributed by atoms with van der Waals surface area (Å²) >= 11 is 9.96. The summed E-state index contributed by atoms with van der Waals surface area (Å²) < 4.78 is 41.8. The van der Waals surface area contributed by atoms with Crippen molar-refractivity contribution in [1.29, 1.82) is 0 Å². The first kappa shape index (κ1) is 25.0. The Morgan fingerprint density at radius 3 is 2.75 bits per heavy atom. The number of fused-ring (bicyclic) bond motifs is 1. The number of anilines is 1. The second-order valence-corrected chi connectivity index (χ2v) is 10.3. The van der Waals surface area contributed by atoms with Crippen LogP contribution in [0.4, 0.5) is 19.0 Å². The molecule has 5 nitrogen and oxygen atoms in total. The van der Waals surface area contributed by atoms with E-state index in [-0.39, 0.29) is 0 Å². The first-order chi connectivity index (χ1) is 17.3. The number of hydrogen-bond acceptors (Lipinski definition) is 4. The summed E-state index contributed by atoms with van der Waals surface area (Å²) in [4.78, 5) is 6.97. The highest BCUT2D eigenvalue weighted by Gasteiger charge is 2.30. The van der Waals surface area contributed by atoms with Gasteiger partial charge in [0.15, 0.2) is 5.65 Å². The van der Waals surface area contributed by atoms with Crippen molar-refractivity contribution in [1.82, 2.24) is 19.5 Å². The van der Waals surface area contributed by atoms with E-state index in [9.17, 15) is 13.2 Å². The van der Waals surface area contributed by atoms with Gasteiger partial charge in [0, 0.05) is 36.3 Å². The van der Waals surface area contributed by atoms with E-state index < -0.39 is 11.7 Å². The fourth-order valence-corrected chi connectivity index (χ4v) is 5.26. The van der Waals surface area contributed by atoms with Crippen molar-refractivity contribution >= 4 is 39.0 Å². The molecule has 4 aromatic rings. The lowest BCUT2D eigenvalue weighted by atomic mass is 9.97. The van der Waals surface area contributed by atoms with E-state index >= 15 is 0 Å². The van der Waals surface area contributed by atoms with Crippen LogP contribution in [0.1, 0.15) is 24.0 Å². The predicted molar refractivity (Wildman–Crippen MR) is 139 cm³/mol. The Morgan fingerprint density at radius 1 is 1.11 bits per heavy atom. The quantitative estimate of drug-likeness (QED) is 0.264. The molecule has 0 radical (unpaired) electrons. The third kappa shape index (κ3) is 5.53. The zero-order chi connectivity index (χ0) is 25.3. The zero-order valence-corrected chi connectivity index (χ0v) is 21.6. The van der Waals surface area contributed by atoms with Crippen molar-refractivity contribution in [2.24, 2.45) is 5.92 Å². The lowest BCUT2D eigenvalue weighted by Gasteiger charge is -2.33. The van der Waals surface area contributed by atoms with Gasteiger partial charge in [-0.25, -0.2) is 4.98 Å². The summed E-state index contributed by atoms with van der Waals surface area (Å²) in [6.45, 7) is 2.88. The Labute approximate surface area is 220 Å². The molecule has 3 heterocycles. The maximum Gasteiger partial charge on any atom is 0.416 e. The summed E-state index contributed by atoms with van der Waals surface area (Å²) in [5.41, 5.74) is 2.34. The number of likely N-dealkylation sites (tertiary alicyclic amines) is 1. The molecule has 1 saturated heterocycles. The summed E-state index contributed by atoms with van der Waals surface area (Å²) in [5, 5.41) is 8.60. The Bertz CT molecular complexity index is 1370. The Balaban J connectivity index is 1.30. The number of aromatic nitrogens is 3. The smallest absolute Gasteiger partial charge is 0.370 e. The molecule has 2 aromatic carbocycles. The van der Waals surface area contributed by atoms with Crippen LogP contribution in [-0.2, 0) is 12.7 Å². The Hall–Kier alpha value is -2.62. The van der Waals surface area contributed by atoms with Crippen LogP contribution in [0.5, 0.6) is 0 Å². The van der Waals surface area contributed by atoms with Crippen molar-refractivity contribution in [3.8, 4) is 11.3 Å². The van der Waals surface area contributed by atoms with Crippen LogP contribution in [-0.4, -0.2) is 39.1 Å². The van der Waals surface area contributed by atoms with Gasteiger partial charge in [0.05, 0.1) is 21.9 Å². The molecular formula is C26H24BrClF3N5. The normalized spacial score (nSPS) is 17.0. The van der Waals surface area contributed by atoms with Gasteiger partial charge >= 0.3 is 6.18 Å². The highest BCUT2D eigenvalue weighted by molar-refractivity contribution is 9.10. The lowest BCUT2D eigenvalue weighted by Crippen LogP contribution is -2.37. The molecule has 1 aliphatic rings. The Kier molecular flexibility index (Phi) is 7.23. The molecule has 1 N–H and O–H groups in total. The van der Waals surface area contributed by atoms with Gasteiger partial charge in [-0.05, 0) is 58.9 Å². The molecule has 2 aromatic heterocycles. The van der Waals surface area contributed by atoms with E-state index in [2.05, 4.69) is 31.2 Å². The molecule has 1 unspecified atom stereocenters. The highest BCUT2D eigenvalue weighted by Crippen LogP contribution is 2.32. The fraction of sp³-hybridized carbons (Fsp3) is 0.308. The predicted octanol–water partition coefficient (Wildman–Crippen LogP) is 7.16. The number of rotatable bonds is 6. The van der Waals surface area contributed by atoms with Crippen LogP contribution in [0, 0.1) is 5.92 Å². The fourth-order valence-electron chi connectivity index (χ4n) is 4.68. The van der Waals surface area contributed by atoms with E-state index in [0.717, 1.165) is 53.5 Å². The standard InChI is InChI=1S/C26H24BrClF3N5/c27-21-14-33-36-24(12-23(34-25(21)36)20-8-1-2-9-22(20)28)32-13-18-6-4-10-35(16-18)15-17-5-3-7-19(11-17)26(29,30)31/h1-3,5,7-9,11-12,14,18,32H,4,6,10,13,15-16H2. The largest absolute Gasteiger partial charge is 0.416 e. The third-order valence-electron chi connectivity index (χ3n) is 6.41. The number of halogens is 5. The number of nitrogens with zero attached hydrogens (tertiary/aromatic N) is 4. The van der Waals surface area contributed by atoms with E-state index in [1.807, 2.05) is 30.3 Å². The van der Waals surface area contributed by atoms with Crippen LogP contribution in [0.3, 0.4) is 0 Å². The minimum Gasteiger partial charge on any atom is -0.370 e. The minimum absolute atomic E-state index is 0.343. The number of nitrogens with one attached hydrogen (secondary N) is 1. The topological polar surface area (TPSA) is 45.5 Å². The van der Waals surface area contributed by atoms with Crippen molar-refractivity contribution < 1.29 is 13.2 Å². The molecule has 1 fully saturated rings. The molecule has 10 heteroatoms. The number of alkyl halides is 3. The molecule has 5 rings (SSSR count). The molecule has 36 heavy (non-hydrogen) atoms. The second-order valence-electron chi connectivity index (χ2n) is 9.06. The van der Waals surface area contributed by atoms with Gasteiger partial charge in [-0.1, -0.05) is 48.0 Å². The third-order valence-corrected chi connectivity index (χ3v) is 7.30. The second kappa shape index (κ2) is 10.4. The summed E-state index contributed by atoms with van der Waals surface area (Å²) in [6, 6.07) is 15.1.